The van der Waals surface area contributed by atoms with Gasteiger partial charge in [0.25, 0.3) is 0 Å². The lowest BCUT2D eigenvalue weighted by Crippen LogP contribution is -2.10. The lowest BCUT2D eigenvalue weighted by atomic mass is 10.1. The van der Waals surface area contributed by atoms with Crippen molar-refractivity contribution in [1.29, 1.82) is 0 Å². The topological polar surface area (TPSA) is 127 Å². The van der Waals surface area contributed by atoms with Crippen LogP contribution < -0.4 is 5.90 Å². The normalized spacial score (nSPS) is 13.5. The van der Waals surface area contributed by atoms with E-state index in [9.17, 15) is 19.0 Å². The third kappa shape index (κ3) is 5.52. The molecular formula is C12H16NO6P. The number of carboxylic acid groups (broad SMARTS) is 1. The predicted octanol–water partition coefficient (Wildman–Crippen LogP) is 1.35. The van der Waals surface area contributed by atoms with E-state index in [1.807, 2.05) is 0 Å². The number of nitrogens with two attached hydrogens (primary N) is 1. The zero-order valence-corrected chi connectivity index (χ0v) is 11.6. The van der Waals surface area contributed by atoms with Crippen LogP contribution in [0.5, 0.6) is 0 Å². The van der Waals surface area contributed by atoms with Gasteiger partial charge in [-0.2, -0.15) is 5.90 Å². The Morgan fingerprint density at radius 3 is 2.65 bits per heavy atom. The third-order valence-electron chi connectivity index (χ3n) is 2.62. The summed E-state index contributed by atoms with van der Waals surface area (Å²) in [7, 11) is -3.47. The molecule has 0 saturated carbocycles. The molecule has 20 heavy (non-hydrogen) atoms. The van der Waals surface area contributed by atoms with Crippen molar-refractivity contribution in [3.63, 3.8) is 0 Å². The van der Waals surface area contributed by atoms with Crippen LogP contribution in [-0.4, -0.2) is 28.1 Å². The number of carboxylic acids is 1. The van der Waals surface area contributed by atoms with E-state index in [0.29, 0.717) is 5.56 Å². The van der Waals surface area contributed by atoms with E-state index in [1.165, 1.54) is 18.2 Å². The van der Waals surface area contributed by atoms with Crippen molar-refractivity contribution in [3.8, 4) is 0 Å². The molecule has 0 fully saturated rings. The van der Waals surface area contributed by atoms with Crippen LogP contribution >= 0.6 is 7.37 Å². The molecule has 0 aliphatic heterocycles. The van der Waals surface area contributed by atoms with Crippen LogP contribution in [0.3, 0.4) is 0 Å². The van der Waals surface area contributed by atoms with Crippen LogP contribution in [0.15, 0.2) is 24.3 Å². The van der Waals surface area contributed by atoms with Gasteiger partial charge in [-0.25, -0.2) is 4.79 Å². The quantitative estimate of drug-likeness (QED) is 0.512. The van der Waals surface area contributed by atoms with Gasteiger partial charge in [0, 0.05) is 18.7 Å². The number of hydrogen-bond donors (Lipinski definition) is 3. The van der Waals surface area contributed by atoms with Gasteiger partial charge in [-0.1, -0.05) is 12.1 Å². The molecule has 0 aromatic heterocycles. The fraction of sp³-hybridized carbons (Fsp3) is 0.333. The van der Waals surface area contributed by atoms with Crippen molar-refractivity contribution in [2.24, 2.45) is 5.90 Å². The first kappa shape index (κ1) is 16.4. The molecule has 0 saturated heterocycles. The minimum absolute atomic E-state index is 0.0315. The zero-order chi connectivity index (χ0) is 15.2. The second kappa shape index (κ2) is 7.19. The molecule has 7 nitrogen and oxygen atoms in total. The van der Waals surface area contributed by atoms with Gasteiger partial charge >= 0.3 is 11.9 Å². The Hall–Kier alpha value is -1.69. The summed E-state index contributed by atoms with van der Waals surface area (Å²) < 4.78 is 12.0. The van der Waals surface area contributed by atoms with Gasteiger partial charge in [-0.15, -0.1) is 0 Å². The Balaban J connectivity index is 2.61. The Kier molecular flexibility index (Phi) is 5.88. The number of aromatic carboxylic acids is 1. The first-order chi connectivity index (χ1) is 9.34. The van der Waals surface area contributed by atoms with Crippen LogP contribution in [0.1, 0.15) is 28.8 Å². The van der Waals surface area contributed by atoms with Gasteiger partial charge < -0.3 is 14.8 Å². The van der Waals surface area contributed by atoms with Crippen LogP contribution in [0.25, 0.3) is 0 Å². The van der Waals surface area contributed by atoms with Crippen LogP contribution in [-0.2, 0) is 20.4 Å². The maximum Gasteiger partial charge on any atom is 0.335 e. The van der Waals surface area contributed by atoms with E-state index < -0.39 is 19.3 Å². The number of rotatable bonds is 7. The molecule has 0 aliphatic rings. The van der Waals surface area contributed by atoms with Crippen LogP contribution in [0.2, 0.25) is 0 Å². The average Bonchev–Trinajstić information content (AvgIpc) is 2.37. The Morgan fingerprint density at radius 2 is 2.05 bits per heavy atom. The molecule has 1 aromatic rings. The van der Waals surface area contributed by atoms with E-state index in [2.05, 4.69) is 10.7 Å². The monoisotopic (exact) mass is 301 g/mol. The molecule has 110 valence electrons. The van der Waals surface area contributed by atoms with Crippen molar-refractivity contribution in [3.05, 3.63) is 35.4 Å². The molecule has 0 bridgehead atoms. The highest BCUT2D eigenvalue weighted by Crippen LogP contribution is 2.45. The summed E-state index contributed by atoms with van der Waals surface area (Å²) in [6.07, 6.45) is -0.0379. The van der Waals surface area contributed by atoms with E-state index in [-0.39, 0.29) is 30.7 Å². The summed E-state index contributed by atoms with van der Waals surface area (Å²) in [5, 5.41) is 8.84. The second-order valence-electron chi connectivity index (χ2n) is 4.33. The molecule has 0 radical (unpaired) electrons. The Labute approximate surface area is 115 Å². The van der Waals surface area contributed by atoms with Crippen molar-refractivity contribution in [2.45, 2.75) is 19.0 Å². The lowest BCUT2D eigenvalue weighted by Gasteiger charge is -2.11. The molecule has 0 aliphatic carbocycles. The molecule has 1 unspecified atom stereocenters. The molecule has 1 aromatic carbocycles. The summed E-state index contributed by atoms with van der Waals surface area (Å²) in [5.74, 6) is 2.92. The van der Waals surface area contributed by atoms with E-state index in [4.69, 9.17) is 5.11 Å². The van der Waals surface area contributed by atoms with E-state index >= 15 is 0 Å². The van der Waals surface area contributed by atoms with Crippen LogP contribution in [0.4, 0.5) is 0 Å². The van der Waals surface area contributed by atoms with Gasteiger partial charge in [-0.3, -0.25) is 9.36 Å². The number of hydrogen-bond acceptors (Lipinski definition) is 5. The molecule has 4 N–H and O–H groups in total. The smallest absolute Gasteiger partial charge is 0.335 e. The van der Waals surface area contributed by atoms with Gasteiger partial charge in [0.15, 0.2) is 0 Å². The summed E-state index contributed by atoms with van der Waals surface area (Å²) in [5.41, 5.74) is 0.534. The number of carbonyl (C=O) groups excluding carboxylic acids is 1. The average molecular weight is 301 g/mol. The standard InChI is InChI=1S/C12H16NO6P/c13-19-11(14)5-2-6-20(17,18)8-9-3-1-4-10(7-9)12(15)16/h1,3-4,7H,2,5-6,8,13H2,(H,15,16)(H,17,18). The number of benzene rings is 1. The minimum atomic E-state index is -3.47. The molecule has 8 heteroatoms. The van der Waals surface area contributed by atoms with Crippen molar-refractivity contribution in [1.82, 2.24) is 0 Å². The Morgan fingerprint density at radius 1 is 1.35 bits per heavy atom. The molecule has 1 atom stereocenters. The molecule has 1 rings (SSSR count). The minimum Gasteiger partial charge on any atom is -0.478 e. The summed E-state index contributed by atoms with van der Waals surface area (Å²) in [6.45, 7) is 0. The largest absolute Gasteiger partial charge is 0.478 e. The predicted molar refractivity (Wildman–Crippen MR) is 71.3 cm³/mol. The lowest BCUT2D eigenvalue weighted by molar-refractivity contribution is -0.144. The maximum absolute atomic E-state index is 12.0. The summed E-state index contributed by atoms with van der Waals surface area (Å²) in [4.78, 5) is 35.4. The van der Waals surface area contributed by atoms with Crippen molar-refractivity contribution < 1.29 is 29.0 Å². The summed E-state index contributed by atoms with van der Waals surface area (Å²) >= 11 is 0. The zero-order valence-electron chi connectivity index (χ0n) is 10.7. The van der Waals surface area contributed by atoms with Gasteiger partial charge in [0.2, 0.25) is 7.37 Å². The first-order valence-corrected chi connectivity index (χ1v) is 7.90. The van der Waals surface area contributed by atoms with E-state index in [0.717, 1.165) is 0 Å². The first-order valence-electron chi connectivity index (χ1n) is 5.87. The fourth-order valence-electron chi connectivity index (χ4n) is 1.70. The fourth-order valence-corrected chi connectivity index (χ4v) is 3.27. The van der Waals surface area contributed by atoms with Crippen LogP contribution in [0, 0.1) is 0 Å². The van der Waals surface area contributed by atoms with Crippen molar-refractivity contribution >= 4 is 19.3 Å². The molecular weight excluding hydrogens is 285 g/mol. The van der Waals surface area contributed by atoms with Gasteiger partial charge in [0.1, 0.15) is 0 Å². The third-order valence-corrected chi connectivity index (χ3v) is 4.50. The molecule has 0 spiro atoms. The highest BCUT2D eigenvalue weighted by atomic mass is 31.2. The molecule has 0 amide bonds. The SMILES string of the molecule is NOC(=O)CCCP(=O)(O)Cc1cccc(C(=O)O)c1. The number of carbonyl (C=O) groups is 2. The van der Waals surface area contributed by atoms with Gasteiger partial charge in [0.05, 0.1) is 5.56 Å². The highest BCUT2D eigenvalue weighted by molar-refractivity contribution is 7.57. The second-order valence-corrected chi connectivity index (χ2v) is 6.78. The van der Waals surface area contributed by atoms with Gasteiger partial charge in [-0.05, 0) is 24.1 Å². The Bertz CT molecular complexity index is 545. The maximum atomic E-state index is 12.0. The van der Waals surface area contributed by atoms with E-state index in [1.54, 1.807) is 6.07 Å². The molecule has 0 heterocycles. The summed E-state index contributed by atoms with van der Waals surface area (Å²) in [6, 6.07) is 5.87. The highest BCUT2D eigenvalue weighted by Gasteiger charge is 2.20. The van der Waals surface area contributed by atoms with Crippen molar-refractivity contribution in [2.75, 3.05) is 6.16 Å².